The Balaban J connectivity index is 1.52. The monoisotopic (exact) mass is 887 g/mol. The summed E-state index contributed by atoms with van der Waals surface area (Å²) in [5.74, 6) is -2.44. The fraction of sp³-hybridized carbons (Fsp3) is 0.592. The van der Waals surface area contributed by atoms with Gasteiger partial charge in [-0.2, -0.15) is 0 Å². The number of likely N-dealkylation sites (N-methyl/N-ethyl adjacent to an activating group) is 2. The molecule has 1 aromatic heterocycles. The number of nitrogens with two attached hydrogens (primary N) is 1. The van der Waals surface area contributed by atoms with Gasteiger partial charge in [-0.15, -0.1) is 0 Å². The van der Waals surface area contributed by atoms with E-state index in [1.54, 1.807) is 49.2 Å². The summed E-state index contributed by atoms with van der Waals surface area (Å²) in [7, 11) is 8.51. The number of anilines is 2. The van der Waals surface area contributed by atoms with Gasteiger partial charge < -0.3 is 41.0 Å². The van der Waals surface area contributed by atoms with Crippen LogP contribution in [0.5, 0.6) is 0 Å². The maximum Gasteiger partial charge on any atom is 0.247 e. The largest absolute Gasteiger partial charge is 0.399 e. The summed E-state index contributed by atoms with van der Waals surface area (Å²) < 4.78 is 12.1. The van der Waals surface area contributed by atoms with E-state index in [0.29, 0.717) is 37.2 Å². The number of para-hydroxylation sites is 1. The molecular formula is C49H74N8O7. The smallest absolute Gasteiger partial charge is 0.247 e. The Bertz CT molecular complexity index is 2020. The van der Waals surface area contributed by atoms with Gasteiger partial charge in [-0.1, -0.05) is 85.2 Å². The van der Waals surface area contributed by atoms with Gasteiger partial charge in [0.2, 0.25) is 29.5 Å². The molecular weight excluding hydrogens is 813 g/mol. The molecule has 2 heterocycles. The van der Waals surface area contributed by atoms with E-state index in [-0.39, 0.29) is 48.3 Å². The van der Waals surface area contributed by atoms with E-state index < -0.39 is 60.1 Å². The van der Waals surface area contributed by atoms with Crippen LogP contribution >= 0.6 is 0 Å². The molecule has 3 aromatic rings. The van der Waals surface area contributed by atoms with Crippen LogP contribution in [0.1, 0.15) is 79.7 Å². The minimum absolute atomic E-state index is 0.0150. The standard InChI is InChI=1S/C49H74N8O7/c1-13-31(6)44(56(10)49(62)42(29(2)3)54-48(61)43(30(4)5)55(8)9)40(63-11)27-41(58)57-24-16-19-39(57)45(64-12)32(7)46(59)53-38(25-33-20-22-35(50)23-21-33)47(60)52-36-26-34-17-14-15-18-37(34)51-28-36/h14-15,17-18,20-23,26,28-32,38-40,42-45H,13,16,19,24-25,27,50H2,1-12H3,(H,52,60)(H,53,59)(H,54,61)/t31-,32+,38+,39-,40+,42?,43?,44?,45+/m0/s1. The predicted octanol–water partition coefficient (Wildman–Crippen LogP) is 5.13. The van der Waals surface area contributed by atoms with E-state index in [1.165, 1.54) is 7.11 Å². The zero-order valence-electron chi connectivity index (χ0n) is 40.1. The number of amides is 5. The second-order valence-corrected chi connectivity index (χ2v) is 18.4. The maximum atomic E-state index is 14.4. The van der Waals surface area contributed by atoms with Crippen molar-refractivity contribution in [2.45, 2.75) is 123 Å². The molecule has 0 aliphatic carbocycles. The first-order valence-electron chi connectivity index (χ1n) is 22.7. The number of nitrogens with one attached hydrogen (secondary N) is 3. The van der Waals surface area contributed by atoms with Gasteiger partial charge in [-0.3, -0.25) is 33.9 Å². The first-order chi connectivity index (χ1) is 30.3. The molecule has 1 saturated heterocycles. The van der Waals surface area contributed by atoms with Crippen molar-refractivity contribution in [3.8, 4) is 0 Å². The Kier molecular flexibility index (Phi) is 19.1. The average Bonchev–Trinajstić information content (AvgIpc) is 3.74. The van der Waals surface area contributed by atoms with Crippen LogP contribution in [0.3, 0.4) is 0 Å². The molecule has 4 rings (SSSR count). The molecule has 9 atom stereocenters. The molecule has 15 nitrogen and oxygen atoms in total. The third-order valence-corrected chi connectivity index (χ3v) is 12.9. The van der Waals surface area contributed by atoms with Crippen LogP contribution in [-0.4, -0.2) is 134 Å². The SMILES string of the molecule is CC[C@H](C)C([C@@H](CC(=O)N1CCC[C@H]1[C@H](OC)[C@@H](C)C(=O)N[C@H](Cc1ccc(N)cc1)C(=O)Nc1cnc2ccccc2c1)OC)N(C)C(=O)C(NC(=O)C(C(C)C)N(C)C)C(C)C. The lowest BCUT2D eigenvalue weighted by atomic mass is 9.89. The van der Waals surface area contributed by atoms with E-state index in [0.717, 1.165) is 16.5 Å². The molecule has 0 radical (unpaired) electrons. The van der Waals surface area contributed by atoms with Crippen molar-refractivity contribution in [3.63, 3.8) is 0 Å². The Hall–Kier alpha value is -5.12. The van der Waals surface area contributed by atoms with Crippen molar-refractivity contribution in [3.05, 3.63) is 66.4 Å². The van der Waals surface area contributed by atoms with E-state index >= 15 is 0 Å². The molecule has 0 bridgehead atoms. The van der Waals surface area contributed by atoms with Crippen LogP contribution in [0.2, 0.25) is 0 Å². The number of carbonyl (C=O) groups excluding carboxylic acids is 5. The minimum atomic E-state index is -0.961. The number of methoxy groups -OCH3 is 2. The zero-order chi connectivity index (χ0) is 47.4. The number of rotatable bonds is 22. The number of nitrogen functional groups attached to an aromatic ring is 1. The summed E-state index contributed by atoms with van der Waals surface area (Å²) in [6.07, 6.45) is 2.43. The lowest BCUT2D eigenvalue weighted by molar-refractivity contribution is -0.148. The molecule has 1 fully saturated rings. The van der Waals surface area contributed by atoms with Crippen molar-refractivity contribution in [1.29, 1.82) is 0 Å². The zero-order valence-corrected chi connectivity index (χ0v) is 40.1. The van der Waals surface area contributed by atoms with Gasteiger partial charge in [0.1, 0.15) is 12.1 Å². The highest BCUT2D eigenvalue weighted by Gasteiger charge is 2.43. The number of nitrogens with zero attached hydrogens (tertiary/aromatic N) is 4. The van der Waals surface area contributed by atoms with Crippen molar-refractivity contribution in [1.82, 2.24) is 30.3 Å². The summed E-state index contributed by atoms with van der Waals surface area (Å²) in [6, 6.07) is 13.5. The highest BCUT2D eigenvalue weighted by Crippen LogP contribution is 2.30. The Morgan fingerprint density at radius 2 is 1.55 bits per heavy atom. The number of fused-ring (bicyclic) bond motifs is 1. The average molecular weight is 887 g/mol. The van der Waals surface area contributed by atoms with Crippen molar-refractivity contribution < 1.29 is 33.4 Å². The van der Waals surface area contributed by atoms with Gasteiger partial charge in [-0.25, -0.2) is 0 Å². The molecule has 352 valence electrons. The number of hydrogen-bond donors (Lipinski definition) is 4. The number of benzene rings is 2. The third kappa shape index (κ3) is 13.0. The fourth-order valence-electron chi connectivity index (χ4n) is 9.18. The Morgan fingerprint density at radius 1 is 0.875 bits per heavy atom. The van der Waals surface area contributed by atoms with Gasteiger partial charge in [0.15, 0.2) is 0 Å². The number of pyridine rings is 1. The van der Waals surface area contributed by atoms with E-state index in [1.807, 2.05) is 103 Å². The molecule has 1 aliphatic rings. The van der Waals surface area contributed by atoms with E-state index in [2.05, 4.69) is 20.9 Å². The number of hydrogen-bond acceptors (Lipinski definition) is 10. The predicted molar refractivity (Wildman–Crippen MR) is 252 cm³/mol. The minimum Gasteiger partial charge on any atom is -0.399 e. The van der Waals surface area contributed by atoms with Crippen LogP contribution in [0.15, 0.2) is 60.8 Å². The summed E-state index contributed by atoms with van der Waals surface area (Å²) in [5, 5.41) is 9.84. The van der Waals surface area contributed by atoms with Gasteiger partial charge in [-0.05, 0) is 74.5 Å². The second kappa shape index (κ2) is 23.7. The van der Waals surface area contributed by atoms with Crippen LogP contribution in [0.4, 0.5) is 11.4 Å². The summed E-state index contributed by atoms with van der Waals surface area (Å²) in [6.45, 7) is 14.1. The van der Waals surface area contributed by atoms with Gasteiger partial charge in [0, 0.05) is 45.3 Å². The topological polar surface area (TPSA) is 189 Å². The summed E-state index contributed by atoms with van der Waals surface area (Å²) in [5.41, 5.74) is 8.62. The van der Waals surface area contributed by atoms with Gasteiger partial charge >= 0.3 is 0 Å². The molecule has 15 heteroatoms. The Labute approximate surface area is 380 Å². The van der Waals surface area contributed by atoms with Gasteiger partial charge in [0.05, 0.1) is 60.1 Å². The Morgan fingerprint density at radius 3 is 2.14 bits per heavy atom. The third-order valence-electron chi connectivity index (χ3n) is 12.9. The number of carbonyl (C=O) groups is 5. The first kappa shape index (κ1) is 51.5. The molecule has 3 unspecified atom stereocenters. The second-order valence-electron chi connectivity index (χ2n) is 18.4. The van der Waals surface area contributed by atoms with Crippen LogP contribution in [-0.2, 0) is 39.9 Å². The van der Waals surface area contributed by atoms with Crippen LogP contribution < -0.4 is 21.7 Å². The maximum absolute atomic E-state index is 14.4. The molecule has 0 spiro atoms. The van der Waals surface area contributed by atoms with Crippen molar-refractivity contribution in [2.24, 2.45) is 23.7 Å². The first-order valence-corrected chi connectivity index (χ1v) is 22.7. The summed E-state index contributed by atoms with van der Waals surface area (Å²) >= 11 is 0. The lowest BCUT2D eigenvalue weighted by Gasteiger charge is -2.41. The molecule has 2 aromatic carbocycles. The van der Waals surface area contributed by atoms with Crippen molar-refractivity contribution >= 4 is 51.8 Å². The molecule has 0 saturated carbocycles. The van der Waals surface area contributed by atoms with E-state index in [9.17, 15) is 24.0 Å². The molecule has 1 aliphatic heterocycles. The normalized spacial score (nSPS) is 17.9. The summed E-state index contributed by atoms with van der Waals surface area (Å²) in [4.78, 5) is 80.2. The van der Waals surface area contributed by atoms with Gasteiger partial charge in [0.25, 0.3) is 0 Å². The molecule has 64 heavy (non-hydrogen) atoms. The molecule has 5 amide bonds. The van der Waals surface area contributed by atoms with Crippen LogP contribution in [0.25, 0.3) is 10.9 Å². The fourth-order valence-corrected chi connectivity index (χ4v) is 9.18. The van der Waals surface area contributed by atoms with Crippen molar-refractivity contribution in [2.75, 3.05) is 53.0 Å². The highest BCUT2D eigenvalue weighted by molar-refractivity contribution is 5.99. The van der Waals surface area contributed by atoms with Crippen LogP contribution in [0, 0.1) is 23.7 Å². The number of aromatic nitrogens is 1. The number of ether oxygens (including phenoxy) is 2. The quantitative estimate of drug-likeness (QED) is 0.0986. The highest BCUT2D eigenvalue weighted by atomic mass is 16.5. The number of likely N-dealkylation sites (tertiary alicyclic amines) is 1. The lowest BCUT2D eigenvalue weighted by Crippen LogP contribution is -2.59. The molecule has 5 N–H and O–H groups in total. The van der Waals surface area contributed by atoms with E-state index in [4.69, 9.17) is 15.2 Å².